The molecule has 0 aliphatic heterocycles. The van der Waals surface area contributed by atoms with Crippen molar-refractivity contribution in [1.82, 2.24) is 10.9 Å². The van der Waals surface area contributed by atoms with Gasteiger partial charge in [0.15, 0.2) is 6.61 Å². The van der Waals surface area contributed by atoms with E-state index in [0.29, 0.717) is 17.1 Å². The Morgan fingerprint density at radius 2 is 1.79 bits per heavy atom. The van der Waals surface area contributed by atoms with Crippen LogP contribution in [0.1, 0.15) is 15.9 Å². The van der Waals surface area contributed by atoms with Crippen LogP contribution in [0.2, 0.25) is 0 Å². The highest BCUT2D eigenvalue weighted by molar-refractivity contribution is 9.10. The zero-order chi connectivity index (χ0) is 17.5. The van der Waals surface area contributed by atoms with Gasteiger partial charge in [-0.15, -0.1) is 0 Å². The van der Waals surface area contributed by atoms with Crippen LogP contribution < -0.4 is 20.3 Å². The van der Waals surface area contributed by atoms with Crippen LogP contribution in [0.15, 0.2) is 46.9 Å². The number of hydrogen-bond acceptors (Lipinski definition) is 4. The van der Waals surface area contributed by atoms with Crippen LogP contribution in [0.25, 0.3) is 0 Å². The highest BCUT2D eigenvalue weighted by Gasteiger charge is 2.09. The van der Waals surface area contributed by atoms with E-state index in [1.54, 1.807) is 37.4 Å². The molecule has 2 amide bonds. The van der Waals surface area contributed by atoms with Gasteiger partial charge in [-0.1, -0.05) is 15.9 Å². The Kier molecular flexibility index (Phi) is 6.20. The first kappa shape index (κ1) is 17.8. The number of amides is 2. The molecule has 6 nitrogen and oxygen atoms in total. The number of ether oxygens (including phenoxy) is 2. The Labute approximate surface area is 148 Å². The SMILES string of the molecule is COc1ccc(C(=O)NNC(=O)COc2ccc(Br)cc2C)cc1. The summed E-state index contributed by atoms with van der Waals surface area (Å²) in [5, 5.41) is 0. The second kappa shape index (κ2) is 8.35. The van der Waals surface area contributed by atoms with Gasteiger partial charge in [0.2, 0.25) is 0 Å². The van der Waals surface area contributed by atoms with E-state index in [1.165, 1.54) is 0 Å². The third kappa shape index (κ3) is 4.99. The summed E-state index contributed by atoms with van der Waals surface area (Å²) in [7, 11) is 1.54. The van der Waals surface area contributed by atoms with Gasteiger partial charge in [-0.25, -0.2) is 0 Å². The minimum Gasteiger partial charge on any atom is -0.497 e. The molecule has 0 spiro atoms. The molecule has 24 heavy (non-hydrogen) atoms. The molecule has 0 aliphatic carbocycles. The molecule has 7 heteroatoms. The lowest BCUT2D eigenvalue weighted by molar-refractivity contribution is -0.123. The first-order chi connectivity index (χ1) is 11.5. The van der Waals surface area contributed by atoms with Crippen molar-refractivity contribution >= 4 is 27.7 Å². The van der Waals surface area contributed by atoms with Gasteiger partial charge in [0, 0.05) is 10.0 Å². The fraction of sp³-hybridized carbons (Fsp3) is 0.176. The van der Waals surface area contributed by atoms with Crippen molar-refractivity contribution in [3.63, 3.8) is 0 Å². The highest BCUT2D eigenvalue weighted by atomic mass is 79.9. The van der Waals surface area contributed by atoms with Gasteiger partial charge in [-0.3, -0.25) is 20.4 Å². The van der Waals surface area contributed by atoms with Crippen LogP contribution in [-0.4, -0.2) is 25.5 Å². The average molecular weight is 393 g/mol. The summed E-state index contributed by atoms with van der Waals surface area (Å²) in [5.74, 6) is 0.369. The van der Waals surface area contributed by atoms with E-state index in [9.17, 15) is 9.59 Å². The molecule has 2 rings (SSSR count). The topological polar surface area (TPSA) is 76.7 Å². The molecule has 0 saturated heterocycles. The minimum absolute atomic E-state index is 0.203. The number of halogens is 1. The van der Waals surface area contributed by atoms with Crippen molar-refractivity contribution in [3.8, 4) is 11.5 Å². The summed E-state index contributed by atoms with van der Waals surface area (Å²) < 4.78 is 11.4. The maximum atomic E-state index is 11.9. The van der Waals surface area contributed by atoms with Gasteiger partial charge in [-0.2, -0.15) is 0 Å². The lowest BCUT2D eigenvalue weighted by atomic mass is 10.2. The summed E-state index contributed by atoms with van der Waals surface area (Å²) in [6, 6.07) is 12.0. The van der Waals surface area contributed by atoms with Gasteiger partial charge < -0.3 is 9.47 Å². The third-order valence-electron chi connectivity index (χ3n) is 3.16. The summed E-state index contributed by atoms with van der Waals surface area (Å²) in [5.41, 5.74) is 5.94. The Hall–Kier alpha value is -2.54. The number of aryl methyl sites for hydroxylation is 1. The zero-order valence-corrected chi connectivity index (χ0v) is 14.8. The molecular weight excluding hydrogens is 376 g/mol. The summed E-state index contributed by atoms with van der Waals surface area (Å²) in [6.07, 6.45) is 0. The molecule has 0 heterocycles. The van der Waals surface area contributed by atoms with Crippen molar-refractivity contribution in [2.24, 2.45) is 0 Å². The monoisotopic (exact) mass is 392 g/mol. The number of hydrogen-bond donors (Lipinski definition) is 2. The zero-order valence-electron chi connectivity index (χ0n) is 13.3. The number of benzene rings is 2. The van der Waals surface area contributed by atoms with E-state index in [-0.39, 0.29) is 6.61 Å². The van der Waals surface area contributed by atoms with Crippen LogP contribution in [0.4, 0.5) is 0 Å². The second-order valence-corrected chi connectivity index (χ2v) is 5.84. The molecular formula is C17H17BrN2O4. The molecule has 0 unspecified atom stereocenters. The Balaban J connectivity index is 1.80. The van der Waals surface area contributed by atoms with E-state index in [2.05, 4.69) is 26.8 Å². The predicted octanol–water partition coefficient (Wildman–Crippen LogP) is 2.61. The molecule has 0 bridgehead atoms. The quantitative estimate of drug-likeness (QED) is 0.766. The standard InChI is InChI=1S/C17H17BrN2O4/c1-11-9-13(18)5-8-15(11)24-10-16(21)19-20-17(22)12-3-6-14(23-2)7-4-12/h3-9H,10H2,1-2H3,(H,19,21)(H,20,22). The highest BCUT2D eigenvalue weighted by Crippen LogP contribution is 2.21. The molecule has 0 fully saturated rings. The average Bonchev–Trinajstić information content (AvgIpc) is 2.59. The van der Waals surface area contributed by atoms with Crippen LogP contribution in [0, 0.1) is 6.92 Å². The molecule has 2 aromatic rings. The second-order valence-electron chi connectivity index (χ2n) is 4.93. The summed E-state index contributed by atoms with van der Waals surface area (Å²) in [6.45, 7) is 1.68. The van der Waals surface area contributed by atoms with Crippen molar-refractivity contribution in [3.05, 3.63) is 58.1 Å². The van der Waals surface area contributed by atoms with Crippen molar-refractivity contribution in [2.45, 2.75) is 6.92 Å². The van der Waals surface area contributed by atoms with Crippen LogP contribution in [0.3, 0.4) is 0 Å². The Morgan fingerprint density at radius 1 is 1.08 bits per heavy atom. The maximum absolute atomic E-state index is 11.9. The van der Waals surface area contributed by atoms with Crippen LogP contribution in [0.5, 0.6) is 11.5 Å². The van der Waals surface area contributed by atoms with E-state index in [1.807, 2.05) is 19.1 Å². The maximum Gasteiger partial charge on any atom is 0.276 e. The molecule has 2 aromatic carbocycles. The summed E-state index contributed by atoms with van der Waals surface area (Å²) in [4.78, 5) is 23.7. The largest absolute Gasteiger partial charge is 0.497 e. The van der Waals surface area contributed by atoms with Gasteiger partial charge in [0.1, 0.15) is 11.5 Å². The van der Waals surface area contributed by atoms with Gasteiger partial charge in [0.25, 0.3) is 11.8 Å². The number of rotatable bonds is 5. The first-order valence-corrected chi connectivity index (χ1v) is 7.91. The molecule has 0 radical (unpaired) electrons. The van der Waals surface area contributed by atoms with E-state index in [0.717, 1.165) is 10.0 Å². The Bertz CT molecular complexity index is 732. The Morgan fingerprint density at radius 3 is 2.42 bits per heavy atom. The van der Waals surface area contributed by atoms with E-state index in [4.69, 9.17) is 9.47 Å². The number of nitrogens with one attached hydrogen (secondary N) is 2. The summed E-state index contributed by atoms with van der Waals surface area (Å²) >= 11 is 3.36. The van der Waals surface area contributed by atoms with Crippen LogP contribution >= 0.6 is 15.9 Å². The number of carbonyl (C=O) groups is 2. The van der Waals surface area contributed by atoms with Crippen molar-refractivity contribution in [2.75, 3.05) is 13.7 Å². The lowest BCUT2D eigenvalue weighted by Gasteiger charge is -2.10. The predicted molar refractivity (Wildman–Crippen MR) is 93.0 cm³/mol. The number of methoxy groups -OCH3 is 1. The van der Waals surface area contributed by atoms with Crippen LogP contribution in [-0.2, 0) is 4.79 Å². The number of hydrazine groups is 1. The lowest BCUT2D eigenvalue weighted by Crippen LogP contribution is -2.43. The van der Waals surface area contributed by atoms with E-state index >= 15 is 0 Å². The normalized spacial score (nSPS) is 9.96. The molecule has 126 valence electrons. The minimum atomic E-state index is -0.459. The molecule has 0 atom stereocenters. The van der Waals surface area contributed by atoms with Gasteiger partial charge in [0.05, 0.1) is 7.11 Å². The molecule has 2 N–H and O–H groups in total. The molecule has 0 aromatic heterocycles. The fourth-order valence-corrected chi connectivity index (χ4v) is 2.37. The molecule has 0 aliphatic rings. The van der Waals surface area contributed by atoms with Crippen molar-refractivity contribution < 1.29 is 19.1 Å². The van der Waals surface area contributed by atoms with Gasteiger partial charge >= 0.3 is 0 Å². The van der Waals surface area contributed by atoms with E-state index < -0.39 is 11.8 Å². The third-order valence-corrected chi connectivity index (χ3v) is 3.66. The first-order valence-electron chi connectivity index (χ1n) is 7.12. The van der Waals surface area contributed by atoms with Crippen molar-refractivity contribution in [1.29, 1.82) is 0 Å². The fourth-order valence-electron chi connectivity index (χ4n) is 1.90. The van der Waals surface area contributed by atoms with Gasteiger partial charge in [-0.05, 0) is 55.0 Å². The smallest absolute Gasteiger partial charge is 0.276 e. The number of carbonyl (C=O) groups excluding carboxylic acids is 2. The molecule has 0 saturated carbocycles.